The van der Waals surface area contributed by atoms with Gasteiger partial charge in [0.15, 0.2) is 0 Å². The lowest BCUT2D eigenvalue weighted by Gasteiger charge is -2.21. The van der Waals surface area contributed by atoms with Crippen molar-refractivity contribution < 1.29 is 14.6 Å². The first-order chi connectivity index (χ1) is 9.13. The maximum Gasteiger partial charge on any atom is 0.303 e. The van der Waals surface area contributed by atoms with Gasteiger partial charge in [0, 0.05) is 6.42 Å². The van der Waals surface area contributed by atoms with Gasteiger partial charge in [-0.25, -0.2) is 5.84 Å². The summed E-state index contributed by atoms with van der Waals surface area (Å²) in [6.07, 6.45) is 1.73. The van der Waals surface area contributed by atoms with Crippen molar-refractivity contribution in [3.05, 3.63) is 48.0 Å². The molecule has 0 fully saturated rings. The molecule has 6 heteroatoms. The van der Waals surface area contributed by atoms with Crippen molar-refractivity contribution in [3.63, 3.8) is 0 Å². The predicted molar refractivity (Wildman–Crippen MR) is 71.3 cm³/mol. The molecule has 0 aliphatic heterocycles. The number of nitrogens with two attached hydrogens (primary N) is 2. The fourth-order valence-corrected chi connectivity index (χ4v) is 1.48. The molecule has 0 unspecified atom stereocenters. The second-order valence-corrected chi connectivity index (χ2v) is 3.96. The molecule has 0 saturated heterocycles. The quantitative estimate of drug-likeness (QED) is 0.280. The van der Waals surface area contributed by atoms with Gasteiger partial charge in [0.2, 0.25) is 5.88 Å². The van der Waals surface area contributed by atoms with E-state index >= 15 is 0 Å². The highest BCUT2D eigenvalue weighted by Gasteiger charge is 2.07. The molecule has 0 radical (unpaired) electrons. The number of hydrogen-bond acceptors (Lipinski definition) is 5. The number of hydrazine groups is 1. The predicted octanol–water partition coefficient (Wildman–Crippen LogP) is 1.00. The molecule has 0 aliphatic rings. The smallest absolute Gasteiger partial charge is 0.303 e. The van der Waals surface area contributed by atoms with E-state index in [4.69, 9.17) is 21.4 Å². The third-order valence-corrected chi connectivity index (χ3v) is 2.41. The monoisotopic (exact) mass is 265 g/mol. The van der Waals surface area contributed by atoms with Gasteiger partial charge in [-0.1, -0.05) is 30.3 Å². The molecular formula is C13H19N3O3. The number of nitrogens with zero attached hydrogens (tertiary/aromatic N) is 1. The number of carboxylic acid groups (broad SMARTS) is 1. The summed E-state index contributed by atoms with van der Waals surface area (Å²) in [5.74, 6) is 5.32. The number of hydrogen-bond donors (Lipinski definition) is 3. The molecule has 104 valence electrons. The first-order valence-corrected chi connectivity index (χ1v) is 5.96. The molecule has 0 aliphatic carbocycles. The topological polar surface area (TPSA) is 102 Å². The molecule has 1 rings (SSSR count). The van der Waals surface area contributed by atoms with Crippen molar-refractivity contribution in [1.82, 2.24) is 5.01 Å². The van der Waals surface area contributed by atoms with Gasteiger partial charge in [0.05, 0.1) is 19.4 Å². The van der Waals surface area contributed by atoms with Crippen LogP contribution in [0, 0.1) is 0 Å². The number of benzene rings is 1. The minimum Gasteiger partial charge on any atom is -0.481 e. The van der Waals surface area contributed by atoms with Crippen LogP contribution < -0.4 is 11.6 Å². The van der Waals surface area contributed by atoms with Crippen LogP contribution in [0.2, 0.25) is 0 Å². The third kappa shape index (κ3) is 5.78. The van der Waals surface area contributed by atoms with Gasteiger partial charge in [0.1, 0.15) is 0 Å². The SMILES string of the molecule is N/C=C(/OCCCC(=O)O)N(N)Cc1ccccc1. The summed E-state index contributed by atoms with van der Waals surface area (Å²) in [5, 5.41) is 9.89. The Bertz CT molecular complexity index is 420. The van der Waals surface area contributed by atoms with E-state index < -0.39 is 5.97 Å². The first-order valence-electron chi connectivity index (χ1n) is 5.96. The second kappa shape index (κ2) is 7.99. The minimum atomic E-state index is -0.851. The van der Waals surface area contributed by atoms with Crippen LogP contribution in [0.4, 0.5) is 0 Å². The van der Waals surface area contributed by atoms with Crippen LogP contribution in [0.25, 0.3) is 0 Å². The Labute approximate surface area is 112 Å². The molecule has 1 aromatic rings. The zero-order chi connectivity index (χ0) is 14.1. The highest BCUT2D eigenvalue weighted by atomic mass is 16.5. The highest BCUT2D eigenvalue weighted by Crippen LogP contribution is 2.08. The van der Waals surface area contributed by atoms with E-state index in [9.17, 15) is 4.79 Å². The summed E-state index contributed by atoms with van der Waals surface area (Å²) in [4.78, 5) is 10.4. The number of ether oxygens (including phenoxy) is 1. The molecule has 0 atom stereocenters. The summed E-state index contributed by atoms with van der Waals surface area (Å²) in [6, 6.07) is 9.65. The molecule has 0 spiro atoms. The molecular weight excluding hydrogens is 246 g/mol. The maximum absolute atomic E-state index is 10.4. The van der Waals surface area contributed by atoms with Crippen molar-refractivity contribution in [2.75, 3.05) is 6.61 Å². The zero-order valence-corrected chi connectivity index (χ0v) is 10.7. The fraction of sp³-hybridized carbons (Fsp3) is 0.308. The highest BCUT2D eigenvalue weighted by molar-refractivity contribution is 5.66. The van der Waals surface area contributed by atoms with Gasteiger partial charge >= 0.3 is 5.97 Å². The number of aliphatic carboxylic acids is 1. The Hall–Kier alpha value is -2.21. The summed E-state index contributed by atoms with van der Waals surface area (Å²) in [6.45, 7) is 0.723. The molecule has 0 aromatic heterocycles. The van der Waals surface area contributed by atoms with Gasteiger partial charge in [-0.15, -0.1) is 0 Å². The Morgan fingerprint density at radius 3 is 2.63 bits per heavy atom. The lowest BCUT2D eigenvalue weighted by molar-refractivity contribution is -0.137. The van der Waals surface area contributed by atoms with Crippen LogP contribution in [0.1, 0.15) is 18.4 Å². The van der Waals surface area contributed by atoms with E-state index in [0.717, 1.165) is 5.56 Å². The molecule has 0 bridgehead atoms. The lowest BCUT2D eigenvalue weighted by Crippen LogP contribution is -2.31. The molecule has 5 N–H and O–H groups in total. The first kappa shape index (κ1) is 14.8. The number of rotatable bonds is 8. The van der Waals surface area contributed by atoms with E-state index in [-0.39, 0.29) is 13.0 Å². The Balaban J connectivity index is 2.40. The lowest BCUT2D eigenvalue weighted by atomic mass is 10.2. The zero-order valence-electron chi connectivity index (χ0n) is 10.7. The van der Waals surface area contributed by atoms with Crippen LogP contribution in [0.5, 0.6) is 0 Å². The van der Waals surface area contributed by atoms with Gasteiger partial charge in [-0.05, 0) is 12.0 Å². The molecule has 0 amide bonds. The average molecular weight is 265 g/mol. The van der Waals surface area contributed by atoms with Crippen molar-refractivity contribution >= 4 is 5.97 Å². The molecule has 0 heterocycles. The molecule has 19 heavy (non-hydrogen) atoms. The normalized spacial score (nSPS) is 11.1. The van der Waals surface area contributed by atoms with E-state index in [1.807, 2.05) is 30.3 Å². The van der Waals surface area contributed by atoms with E-state index in [1.165, 1.54) is 11.2 Å². The fourth-order valence-electron chi connectivity index (χ4n) is 1.48. The van der Waals surface area contributed by atoms with Crippen LogP contribution >= 0.6 is 0 Å². The summed E-state index contributed by atoms with van der Waals surface area (Å²) in [5.41, 5.74) is 6.47. The molecule has 6 nitrogen and oxygen atoms in total. The van der Waals surface area contributed by atoms with Crippen LogP contribution in [-0.2, 0) is 16.1 Å². The van der Waals surface area contributed by atoms with Gasteiger partial charge in [-0.3, -0.25) is 9.80 Å². The number of carboxylic acids is 1. The summed E-state index contributed by atoms with van der Waals surface area (Å²) >= 11 is 0. The summed E-state index contributed by atoms with van der Waals surface area (Å²) in [7, 11) is 0. The Morgan fingerprint density at radius 2 is 2.05 bits per heavy atom. The van der Waals surface area contributed by atoms with Crippen molar-refractivity contribution in [2.45, 2.75) is 19.4 Å². The number of carbonyl (C=O) groups is 1. The van der Waals surface area contributed by atoms with E-state index in [2.05, 4.69) is 0 Å². The standard InChI is InChI=1S/C13H19N3O3/c14-9-12(19-8-4-7-13(17)18)16(15)10-11-5-2-1-3-6-11/h1-3,5-6,9H,4,7-8,10,14-15H2,(H,17,18)/b12-9+. The van der Waals surface area contributed by atoms with Crippen LogP contribution in [-0.4, -0.2) is 22.7 Å². The van der Waals surface area contributed by atoms with Crippen LogP contribution in [0.15, 0.2) is 42.4 Å². The van der Waals surface area contributed by atoms with Crippen molar-refractivity contribution in [1.29, 1.82) is 0 Å². The van der Waals surface area contributed by atoms with Crippen molar-refractivity contribution in [3.8, 4) is 0 Å². The minimum absolute atomic E-state index is 0.0567. The van der Waals surface area contributed by atoms with Crippen LogP contribution in [0.3, 0.4) is 0 Å². The largest absolute Gasteiger partial charge is 0.481 e. The maximum atomic E-state index is 10.4. The second-order valence-electron chi connectivity index (χ2n) is 3.96. The Kier molecular flexibility index (Phi) is 6.25. The average Bonchev–Trinajstić information content (AvgIpc) is 2.39. The summed E-state index contributed by atoms with van der Waals surface area (Å²) < 4.78 is 5.35. The molecule has 1 aromatic carbocycles. The van der Waals surface area contributed by atoms with Gasteiger partial charge < -0.3 is 15.6 Å². The van der Waals surface area contributed by atoms with Gasteiger partial charge in [-0.2, -0.15) is 0 Å². The Morgan fingerprint density at radius 1 is 1.37 bits per heavy atom. The van der Waals surface area contributed by atoms with Gasteiger partial charge in [0.25, 0.3) is 0 Å². The van der Waals surface area contributed by atoms with E-state index in [0.29, 0.717) is 18.8 Å². The van der Waals surface area contributed by atoms with E-state index in [1.54, 1.807) is 0 Å². The third-order valence-electron chi connectivity index (χ3n) is 2.41. The molecule has 0 saturated carbocycles. The van der Waals surface area contributed by atoms with Crippen molar-refractivity contribution in [2.24, 2.45) is 11.6 Å².